The van der Waals surface area contributed by atoms with Crippen molar-refractivity contribution in [3.05, 3.63) is 194 Å². The van der Waals surface area contributed by atoms with E-state index in [0.717, 1.165) is 33.7 Å². The van der Waals surface area contributed by atoms with Gasteiger partial charge in [-0.3, -0.25) is 4.57 Å². The summed E-state index contributed by atoms with van der Waals surface area (Å²) in [5.74, 6) is 0.833. The second-order valence-corrected chi connectivity index (χ2v) is 13.5. The lowest BCUT2D eigenvalue weighted by Gasteiger charge is -2.18. The van der Waals surface area contributed by atoms with Crippen LogP contribution in [0.3, 0.4) is 0 Å². The van der Waals surface area contributed by atoms with Gasteiger partial charge in [-0.25, -0.2) is 4.98 Å². The number of rotatable bonds is 5. The molecule has 0 saturated heterocycles. The fraction of sp³-hybridized carbons (Fsp3) is 0. The number of benzene rings is 9. The number of nitrogens with zero attached hydrogens (tertiary/aromatic N) is 3. The van der Waals surface area contributed by atoms with Crippen LogP contribution in [0.2, 0.25) is 0 Å². The van der Waals surface area contributed by atoms with Crippen molar-refractivity contribution in [1.82, 2.24) is 9.55 Å². The molecule has 246 valence electrons. The Bertz CT molecular complexity index is 3000. The lowest BCUT2D eigenvalue weighted by molar-refractivity contribution is 1.10. The Morgan fingerprint density at radius 1 is 0.415 bits per heavy atom. The van der Waals surface area contributed by atoms with Crippen LogP contribution in [0.15, 0.2) is 188 Å². The lowest BCUT2D eigenvalue weighted by Crippen LogP contribution is -1.97. The number of imidazole rings is 1. The molecule has 10 aromatic rings. The number of nitriles is 1. The van der Waals surface area contributed by atoms with Crippen LogP contribution in [0.5, 0.6) is 0 Å². The van der Waals surface area contributed by atoms with Crippen LogP contribution in [0, 0.1) is 11.3 Å². The zero-order valence-electron chi connectivity index (χ0n) is 28.7. The highest BCUT2D eigenvalue weighted by molar-refractivity contribution is 6.21. The van der Waals surface area contributed by atoms with Crippen LogP contribution >= 0.6 is 0 Å². The number of aromatic nitrogens is 2. The summed E-state index contributed by atoms with van der Waals surface area (Å²) in [6.45, 7) is 0. The molecule has 1 aromatic heterocycles. The van der Waals surface area contributed by atoms with E-state index in [1.165, 1.54) is 60.1 Å². The fourth-order valence-electron chi connectivity index (χ4n) is 7.94. The standard InChI is InChI=1S/C50H31N3/c51-32-33-21-28-47-46(29-33)52-50(53(47)41-15-2-1-3-16-41)40-14-10-13-39(31-40)49-44-19-8-6-17-42(44)48(43-18-7-9-20-45(43)49)36-25-22-35(23-26-36)38-27-24-34-11-4-5-12-37(34)30-38/h1-31H. The van der Waals surface area contributed by atoms with Gasteiger partial charge in [0, 0.05) is 11.3 Å². The molecule has 0 unspecified atom stereocenters. The molecule has 0 aliphatic carbocycles. The molecule has 0 fully saturated rings. The lowest BCUT2D eigenvalue weighted by atomic mass is 9.85. The summed E-state index contributed by atoms with van der Waals surface area (Å²) in [5, 5.41) is 17.0. The van der Waals surface area contributed by atoms with Crippen LogP contribution < -0.4 is 0 Å². The van der Waals surface area contributed by atoms with Crippen molar-refractivity contribution in [2.24, 2.45) is 0 Å². The zero-order valence-corrected chi connectivity index (χ0v) is 28.7. The van der Waals surface area contributed by atoms with Gasteiger partial charge in [0.25, 0.3) is 0 Å². The summed E-state index contributed by atoms with van der Waals surface area (Å²) >= 11 is 0. The van der Waals surface area contributed by atoms with Gasteiger partial charge in [-0.15, -0.1) is 0 Å². The minimum Gasteiger partial charge on any atom is -0.292 e. The minimum absolute atomic E-state index is 0.594. The molecule has 1 heterocycles. The van der Waals surface area contributed by atoms with Gasteiger partial charge in [0.1, 0.15) is 5.82 Å². The third kappa shape index (κ3) is 5.16. The second kappa shape index (κ2) is 12.5. The smallest absolute Gasteiger partial charge is 0.145 e. The molecule has 0 spiro atoms. The predicted octanol–water partition coefficient (Wildman–Crippen LogP) is 13.0. The van der Waals surface area contributed by atoms with E-state index in [0.29, 0.717) is 5.56 Å². The molecule has 0 radical (unpaired) electrons. The van der Waals surface area contributed by atoms with Crippen molar-refractivity contribution in [2.45, 2.75) is 0 Å². The molecule has 10 rings (SSSR count). The quantitative estimate of drug-likeness (QED) is 0.171. The van der Waals surface area contributed by atoms with Crippen molar-refractivity contribution in [3.8, 4) is 56.5 Å². The maximum Gasteiger partial charge on any atom is 0.145 e. The number of para-hydroxylation sites is 1. The third-order valence-corrected chi connectivity index (χ3v) is 10.4. The van der Waals surface area contributed by atoms with E-state index in [9.17, 15) is 5.26 Å². The van der Waals surface area contributed by atoms with E-state index in [4.69, 9.17) is 4.98 Å². The van der Waals surface area contributed by atoms with Gasteiger partial charge in [0.2, 0.25) is 0 Å². The van der Waals surface area contributed by atoms with Crippen molar-refractivity contribution in [2.75, 3.05) is 0 Å². The van der Waals surface area contributed by atoms with Gasteiger partial charge in [-0.1, -0.05) is 146 Å². The van der Waals surface area contributed by atoms with Gasteiger partial charge in [-0.05, 0) is 108 Å². The van der Waals surface area contributed by atoms with E-state index in [2.05, 4.69) is 162 Å². The first kappa shape index (κ1) is 30.5. The summed E-state index contributed by atoms with van der Waals surface area (Å²) in [6, 6.07) is 68.8. The molecule has 3 nitrogen and oxygen atoms in total. The molecule has 53 heavy (non-hydrogen) atoms. The maximum atomic E-state index is 9.64. The topological polar surface area (TPSA) is 41.6 Å². The van der Waals surface area contributed by atoms with Crippen molar-refractivity contribution in [1.29, 1.82) is 5.26 Å². The van der Waals surface area contributed by atoms with Gasteiger partial charge in [0.15, 0.2) is 0 Å². The van der Waals surface area contributed by atoms with E-state index in [1.54, 1.807) is 0 Å². The van der Waals surface area contributed by atoms with Gasteiger partial charge < -0.3 is 0 Å². The molecule has 0 N–H and O–H groups in total. The second-order valence-electron chi connectivity index (χ2n) is 13.5. The average molecular weight is 674 g/mol. The Hall–Kier alpha value is -7.28. The molecular formula is C50H31N3. The Balaban J connectivity index is 1.14. The SMILES string of the molecule is N#Cc1ccc2c(c1)nc(-c1cccc(-c3c4ccccc4c(-c4ccc(-c5ccc6ccccc6c5)cc4)c4ccccc34)c1)n2-c1ccccc1. The monoisotopic (exact) mass is 673 g/mol. The van der Waals surface area contributed by atoms with Gasteiger partial charge >= 0.3 is 0 Å². The minimum atomic E-state index is 0.594. The Labute approximate surface area is 307 Å². The number of hydrogen-bond donors (Lipinski definition) is 0. The highest BCUT2D eigenvalue weighted by Crippen LogP contribution is 2.44. The predicted molar refractivity (Wildman–Crippen MR) is 220 cm³/mol. The third-order valence-electron chi connectivity index (χ3n) is 10.4. The molecule has 3 heteroatoms. The first-order valence-corrected chi connectivity index (χ1v) is 17.9. The summed E-state index contributed by atoms with van der Waals surface area (Å²) in [7, 11) is 0. The van der Waals surface area contributed by atoms with Crippen LogP contribution in [-0.4, -0.2) is 9.55 Å². The molecule has 0 aliphatic rings. The van der Waals surface area contributed by atoms with Crippen LogP contribution in [-0.2, 0) is 0 Å². The zero-order chi connectivity index (χ0) is 35.3. The van der Waals surface area contributed by atoms with Crippen LogP contribution in [0.4, 0.5) is 0 Å². The summed E-state index contributed by atoms with van der Waals surface area (Å²) in [5.41, 5.74) is 11.5. The number of fused-ring (bicyclic) bond motifs is 4. The molecule has 0 saturated carbocycles. The number of hydrogen-bond acceptors (Lipinski definition) is 2. The van der Waals surface area contributed by atoms with Crippen molar-refractivity contribution >= 4 is 43.4 Å². The molecule has 0 amide bonds. The highest BCUT2D eigenvalue weighted by Gasteiger charge is 2.19. The van der Waals surface area contributed by atoms with Crippen molar-refractivity contribution in [3.63, 3.8) is 0 Å². The summed E-state index contributed by atoms with van der Waals surface area (Å²) in [4.78, 5) is 5.14. The normalized spacial score (nSPS) is 11.4. The molecular weight excluding hydrogens is 643 g/mol. The van der Waals surface area contributed by atoms with E-state index in [-0.39, 0.29) is 0 Å². The van der Waals surface area contributed by atoms with E-state index < -0.39 is 0 Å². The van der Waals surface area contributed by atoms with Crippen LogP contribution in [0.1, 0.15) is 5.56 Å². The first-order valence-electron chi connectivity index (χ1n) is 17.9. The van der Waals surface area contributed by atoms with E-state index >= 15 is 0 Å². The largest absolute Gasteiger partial charge is 0.292 e. The maximum absolute atomic E-state index is 9.64. The summed E-state index contributed by atoms with van der Waals surface area (Å²) in [6.07, 6.45) is 0. The Kier molecular flexibility index (Phi) is 7.20. The van der Waals surface area contributed by atoms with Gasteiger partial charge in [-0.2, -0.15) is 5.26 Å². The average Bonchev–Trinajstić information content (AvgIpc) is 3.62. The van der Waals surface area contributed by atoms with Gasteiger partial charge in [0.05, 0.1) is 22.7 Å². The first-order chi connectivity index (χ1) is 26.2. The Morgan fingerprint density at radius 2 is 1.00 bits per heavy atom. The molecule has 0 bridgehead atoms. The molecule has 0 atom stereocenters. The van der Waals surface area contributed by atoms with E-state index in [1.807, 2.05) is 36.4 Å². The highest BCUT2D eigenvalue weighted by atomic mass is 15.1. The Morgan fingerprint density at radius 3 is 1.70 bits per heavy atom. The van der Waals surface area contributed by atoms with Crippen molar-refractivity contribution < 1.29 is 0 Å². The van der Waals surface area contributed by atoms with Crippen LogP contribution in [0.25, 0.3) is 93.8 Å². The molecule has 9 aromatic carbocycles. The summed E-state index contributed by atoms with van der Waals surface area (Å²) < 4.78 is 2.19. The fourth-order valence-corrected chi connectivity index (χ4v) is 7.94. The molecule has 0 aliphatic heterocycles.